The highest BCUT2D eigenvalue weighted by Crippen LogP contribution is 2.63. The molecule has 0 saturated carbocycles. The first kappa shape index (κ1) is 17.7. The molecular formula is C32H22. The van der Waals surface area contributed by atoms with Crippen molar-refractivity contribution in [2.75, 3.05) is 0 Å². The predicted octanol–water partition coefficient (Wildman–Crippen LogP) is 8.01. The van der Waals surface area contributed by atoms with Crippen molar-refractivity contribution in [1.29, 1.82) is 0 Å². The van der Waals surface area contributed by atoms with Gasteiger partial charge in [0.15, 0.2) is 0 Å². The Kier molecular flexibility index (Phi) is 3.50. The van der Waals surface area contributed by atoms with E-state index in [-0.39, 0.29) is 5.41 Å². The fraction of sp³-hybridized carbons (Fsp3) is 0.0625. The van der Waals surface area contributed by atoms with Gasteiger partial charge in [0.05, 0.1) is 5.41 Å². The molecule has 0 aliphatic heterocycles. The highest BCUT2D eigenvalue weighted by atomic mass is 14.5. The molecule has 0 nitrogen and oxygen atoms in total. The molecule has 0 bridgehead atoms. The molecule has 5 aromatic carbocycles. The molecule has 0 radical (unpaired) electrons. The Morgan fingerprint density at radius 2 is 1.03 bits per heavy atom. The summed E-state index contributed by atoms with van der Waals surface area (Å²) in [7, 11) is 0. The molecular weight excluding hydrogens is 384 g/mol. The maximum atomic E-state index is 2.45. The zero-order valence-electron chi connectivity index (χ0n) is 18.0. The Morgan fingerprint density at radius 1 is 0.438 bits per heavy atom. The average Bonchev–Trinajstić information content (AvgIpc) is 3.32. The van der Waals surface area contributed by atoms with Crippen LogP contribution in [-0.2, 0) is 5.41 Å². The van der Waals surface area contributed by atoms with Gasteiger partial charge in [-0.2, -0.15) is 0 Å². The lowest BCUT2D eigenvalue weighted by Gasteiger charge is -2.32. The van der Waals surface area contributed by atoms with Crippen molar-refractivity contribution >= 4 is 0 Å². The van der Waals surface area contributed by atoms with Crippen LogP contribution in [0.25, 0.3) is 33.4 Å². The van der Waals surface area contributed by atoms with Crippen molar-refractivity contribution in [2.24, 2.45) is 0 Å². The van der Waals surface area contributed by atoms with Gasteiger partial charge in [0.1, 0.15) is 0 Å². The Balaban J connectivity index is 1.66. The summed E-state index contributed by atoms with van der Waals surface area (Å²) in [5.41, 5.74) is 14.7. The number of hydrogen-bond donors (Lipinski definition) is 0. The molecule has 5 aromatic rings. The van der Waals surface area contributed by atoms with Crippen molar-refractivity contribution in [3.8, 4) is 33.4 Å². The smallest absolute Gasteiger partial charge is 0.0622 e. The normalized spacial score (nSPS) is 14.0. The summed E-state index contributed by atoms with van der Waals surface area (Å²) in [6, 6.07) is 42.6. The van der Waals surface area contributed by atoms with E-state index in [1.54, 1.807) is 0 Å². The fourth-order valence-electron chi connectivity index (χ4n) is 6.22. The average molecular weight is 407 g/mol. The van der Waals surface area contributed by atoms with Gasteiger partial charge in [-0.05, 0) is 74.2 Å². The standard InChI is InChI=1S/C32H22/c1-21-10-9-15-27-26-19-18-23(22-11-3-2-4-12-22)20-30(26)32(31(21)27)28-16-7-5-13-24(28)25-14-6-8-17-29(25)32/h2-20H,1H3. The summed E-state index contributed by atoms with van der Waals surface area (Å²) in [5, 5.41) is 0. The summed E-state index contributed by atoms with van der Waals surface area (Å²) in [6.07, 6.45) is 0. The first-order valence-corrected chi connectivity index (χ1v) is 11.3. The van der Waals surface area contributed by atoms with Crippen LogP contribution in [0.3, 0.4) is 0 Å². The molecule has 1 spiro atoms. The van der Waals surface area contributed by atoms with Crippen LogP contribution in [0.4, 0.5) is 0 Å². The molecule has 7 rings (SSSR count). The summed E-state index contributed by atoms with van der Waals surface area (Å²) in [4.78, 5) is 0. The van der Waals surface area contributed by atoms with E-state index in [1.165, 1.54) is 61.2 Å². The minimum Gasteiger partial charge on any atom is -0.0622 e. The van der Waals surface area contributed by atoms with Gasteiger partial charge in [-0.25, -0.2) is 0 Å². The maximum absolute atomic E-state index is 2.45. The van der Waals surface area contributed by atoms with E-state index >= 15 is 0 Å². The lowest BCUT2D eigenvalue weighted by molar-refractivity contribution is 0.786. The van der Waals surface area contributed by atoms with Crippen molar-refractivity contribution in [3.63, 3.8) is 0 Å². The van der Waals surface area contributed by atoms with Crippen LogP contribution in [0.15, 0.2) is 115 Å². The predicted molar refractivity (Wildman–Crippen MR) is 133 cm³/mol. The van der Waals surface area contributed by atoms with Crippen LogP contribution < -0.4 is 0 Å². The fourth-order valence-corrected chi connectivity index (χ4v) is 6.22. The van der Waals surface area contributed by atoms with Gasteiger partial charge >= 0.3 is 0 Å². The number of hydrogen-bond acceptors (Lipinski definition) is 0. The van der Waals surface area contributed by atoms with Crippen LogP contribution in [0, 0.1) is 6.92 Å². The highest BCUT2D eigenvalue weighted by molar-refractivity contribution is 5.96. The maximum Gasteiger partial charge on any atom is 0.0728 e. The first-order chi connectivity index (χ1) is 15.8. The largest absolute Gasteiger partial charge is 0.0728 e. The van der Waals surface area contributed by atoms with E-state index in [2.05, 4.69) is 122 Å². The minimum absolute atomic E-state index is 0.270. The summed E-state index contributed by atoms with van der Waals surface area (Å²) < 4.78 is 0. The van der Waals surface area contributed by atoms with Gasteiger partial charge in [-0.15, -0.1) is 0 Å². The van der Waals surface area contributed by atoms with Crippen molar-refractivity contribution < 1.29 is 0 Å². The molecule has 150 valence electrons. The van der Waals surface area contributed by atoms with Gasteiger partial charge in [-0.1, -0.05) is 109 Å². The summed E-state index contributed by atoms with van der Waals surface area (Å²) in [5.74, 6) is 0. The molecule has 0 N–H and O–H groups in total. The van der Waals surface area contributed by atoms with Crippen molar-refractivity contribution in [3.05, 3.63) is 143 Å². The molecule has 32 heavy (non-hydrogen) atoms. The SMILES string of the molecule is Cc1cccc2c1C1(c3ccccc3-c3ccccc31)c1cc(-c3ccccc3)ccc1-2. The lowest BCUT2D eigenvalue weighted by atomic mass is 9.69. The first-order valence-electron chi connectivity index (χ1n) is 11.3. The van der Waals surface area contributed by atoms with Crippen molar-refractivity contribution in [1.82, 2.24) is 0 Å². The molecule has 2 aliphatic rings. The third-order valence-electron chi connectivity index (χ3n) is 7.42. The second-order valence-electron chi connectivity index (χ2n) is 8.97. The Bertz CT molecular complexity index is 1480. The minimum atomic E-state index is -0.270. The zero-order valence-corrected chi connectivity index (χ0v) is 18.0. The molecule has 0 saturated heterocycles. The third-order valence-corrected chi connectivity index (χ3v) is 7.42. The van der Waals surface area contributed by atoms with Gasteiger partial charge in [0.2, 0.25) is 0 Å². The van der Waals surface area contributed by atoms with E-state index in [9.17, 15) is 0 Å². The summed E-state index contributed by atoms with van der Waals surface area (Å²) in [6.45, 7) is 2.27. The second-order valence-corrected chi connectivity index (χ2v) is 8.97. The van der Waals surface area contributed by atoms with E-state index in [4.69, 9.17) is 0 Å². The highest BCUT2D eigenvalue weighted by Gasteiger charge is 2.52. The Morgan fingerprint density at radius 3 is 1.75 bits per heavy atom. The third kappa shape index (κ3) is 2.07. The molecule has 0 heteroatoms. The molecule has 0 fully saturated rings. The number of aryl methyl sites for hydroxylation is 1. The number of benzene rings is 5. The Labute approximate surface area is 188 Å². The van der Waals surface area contributed by atoms with Crippen LogP contribution in [0.2, 0.25) is 0 Å². The molecule has 0 atom stereocenters. The molecule has 0 heterocycles. The van der Waals surface area contributed by atoms with E-state index < -0.39 is 0 Å². The van der Waals surface area contributed by atoms with Crippen LogP contribution in [-0.4, -0.2) is 0 Å². The molecule has 2 aliphatic carbocycles. The summed E-state index contributed by atoms with van der Waals surface area (Å²) >= 11 is 0. The van der Waals surface area contributed by atoms with Crippen LogP contribution in [0.5, 0.6) is 0 Å². The molecule has 0 amide bonds. The van der Waals surface area contributed by atoms with E-state index in [1.807, 2.05) is 0 Å². The van der Waals surface area contributed by atoms with Crippen molar-refractivity contribution in [2.45, 2.75) is 12.3 Å². The number of rotatable bonds is 1. The van der Waals surface area contributed by atoms with E-state index in [0.717, 1.165) is 0 Å². The van der Waals surface area contributed by atoms with Gasteiger partial charge in [0, 0.05) is 0 Å². The Hall–Kier alpha value is -3.90. The van der Waals surface area contributed by atoms with Crippen LogP contribution >= 0.6 is 0 Å². The van der Waals surface area contributed by atoms with Gasteiger partial charge < -0.3 is 0 Å². The molecule has 0 unspecified atom stereocenters. The zero-order chi connectivity index (χ0) is 21.3. The quantitative estimate of drug-likeness (QED) is 0.259. The topological polar surface area (TPSA) is 0 Å². The number of fused-ring (bicyclic) bond motifs is 10. The van der Waals surface area contributed by atoms with Gasteiger partial charge in [-0.3, -0.25) is 0 Å². The van der Waals surface area contributed by atoms with E-state index in [0.29, 0.717) is 0 Å². The van der Waals surface area contributed by atoms with Gasteiger partial charge in [0.25, 0.3) is 0 Å². The second kappa shape index (κ2) is 6.31. The van der Waals surface area contributed by atoms with Crippen LogP contribution in [0.1, 0.15) is 27.8 Å². The monoisotopic (exact) mass is 406 g/mol. The lowest BCUT2D eigenvalue weighted by Crippen LogP contribution is -2.26. The molecule has 0 aromatic heterocycles.